The molecule has 1 N–H and O–H groups in total. The van der Waals surface area contributed by atoms with Crippen molar-refractivity contribution >= 4 is 21.6 Å². The molecule has 6 nitrogen and oxygen atoms in total. The molecule has 0 bridgehead atoms. The Labute approximate surface area is 173 Å². The fourth-order valence-electron chi connectivity index (χ4n) is 2.66. The largest absolute Gasteiger partial charge is 0.494 e. The van der Waals surface area contributed by atoms with Crippen LogP contribution in [0.5, 0.6) is 5.75 Å². The highest BCUT2D eigenvalue weighted by Crippen LogP contribution is 2.26. The third-order valence-electron chi connectivity index (χ3n) is 4.69. The number of sulfonamides is 1. The average Bonchev–Trinajstić information content (AvgIpc) is 2.67. The van der Waals surface area contributed by atoms with Gasteiger partial charge in [-0.15, -0.1) is 0 Å². The topological polar surface area (TPSA) is 75.7 Å². The van der Waals surface area contributed by atoms with Crippen LogP contribution in [0.15, 0.2) is 53.4 Å². The zero-order valence-electron chi connectivity index (χ0n) is 17.7. The van der Waals surface area contributed by atoms with Crippen LogP contribution in [-0.2, 0) is 14.8 Å². The van der Waals surface area contributed by atoms with E-state index in [4.69, 9.17) is 4.74 Å². The highest BCUT2D eigenvalue weighted by molar-refractivity contribution is 7.92. The fourth-order valence-corrected chi connectivity index (χ4v) is 4.08. The first-order valence-corrected chi connectivity index (χ1v) is 11.2. The van der Waals surface area contributed by atoms with Gasteiger partial charge in [0, 0.05) is 5.54 Å². The summed E-state index contributed by atoms with van der Waals surface area (Å²) in [5.41, 5.74) is 0.937. The molecule has 0 aliphatic heterocycles. The van der Waals surface area contributed by atoms with Gasteiger partial charge in [-0.2, -0.15) is 0 Å². The molecule has 0 aliphatic carbocycles. The maximum atomic E-state index is 13.3. The van der Waals surface area contributed by atoms with E-state index in [1.807, 2.05) is 34.6 Å². The van der Waals surface area contributed by atoms with Crippen LogP contribution in [0.2, 0.25) is 0 Å². The van der Waals surface area contributed by atoms with E-state index in [0.29, 0.717) is 18.0 Å². The summed E-state index contributed by atoms with van der Waals surface area (Å²) in [6.07, 6.45) is 0.729. The van der Waals surface area contributed by atoms with Crippen LogP contribution in [0.1, 0.15) is 39.7 Å². The highest BCUT2D eigenvalue weighted by atomic mass is 32.2. The number of carbonyl (C=O) groups is 1. The smallest absolute Gasteiger partial charge is 0.264 e. The van der Waals surface area contributed by atoms with Gasteiger partial charge < -0.3 is 10.1 Å². The zero-order valence-corrected chi connectivity index (χ0v) is 18.5. The molecule has 0 fully saturated rings. The van der Waals surface area contributed by atoms with E-state index in [1.54, 1.807) is 48.5 Å². The van der Waals surface area contributed by atoms with Gasteiger partial charge in [0.2, 0.25) is 5.91 Å². The number of nitrogens with zero attached hydrogens (tertiary/aromatic N) is 1. The second kappa shape index (κ2) is 9.31. The molecule has 0 aromatic heterocycles. The first-order chi connectivity index (χ1) is 13.6. The first-order valence-electron chi connectivity index (χ1n) is 9.72. The highest BCUT2D eigenvalue weighted by Gasteiger charge is 2.29. The molecule has 0 heterocycles. The van der Waals surface area contributed by atoms with Crippen LogP contribution in [0.3, 0.4) is 0 Å². The number of aryl methyl sites for hydroxylation is 1. The van der Waals surface area contributed by atoms with Crippen LogP contribution in [0.4, 0.5) is 5.69 Å². The molecule has 0 radical (unpaired) electrons. The van der Waals surface area contributed by atoms with E-state index in [0.717, 1.165) is 16.3 Å². The Hall–Kier alpha value is -2.54. The van der Waals surface area contributed by atoms with Crippen LogP contribution in [-0.4, -0.2) is 33.0 Å². The van der Waals surface area contributed by atoms with Gasteiger partial charge in [0.1, 0.15) is 12.3 Å². The normalized spacial score (nSPS) is 11.8. The summed E-state index contributed by atoms with van der Waals surface area (Å²) in [6.45, 7) is 9.74. The second-order valence-corrected chi connectivity index (χ2v) is 9.40. The number of benzene rings is 2. The molecule has 0 saturated heterocycles. The number of rotatable bonds is 9. The van der Waals surface area contributed by atoms with Crippen molar-refractivity contribution in [2.45, 2.75) is 51.5 Å². The van der Waals surface area contributed by atoms with Gasteiger partial charge in [-0.25, -0.2) is 8.42 Å². The first kappa shape index (κ1) is 22.7. The van der Waals surface area contributed by atoms with E-state index >= 15 is 0 Å². The van der Waals surface area contributed by atoms with Crippen molar-refractivity contribution in [1.29, 1.82) is 0 Å². The molecule has 2 rings (SSSR count). The van der Waals surface area contributed by atoms with Crippen molar-refractivity contribution in [3.63, 3.8) is 0 Å². The van der Waals surface area contributed by atoms with E-state index in [9.17, 15) is 13.2 Å². The number of amides is 1. The van der Waals surface area contributed by atoms with Crippen molar-refractivity contribution < 1.29 is 17.9 Å². The number of carbonyl (C=O) groups excluding carboxylic acids is 1. The standard InChI is InChI=1S/C22H30N2O4S/c1-6-22(4,5)23-21(25)16-24(18-10-12-19(13-11-18)28-7-2)29(26,27)20-14-8-17(3)9-15-20/h8-15H,6-7,16H2,1-5H3,(H,23,25). The summed E-state index contributed by atoms with van der Waals surface area (Å²) in [4.78, 5) is 12.8. The Morgan fingerprint density at radius 3 is 2.14 bits per heavy atom. The summed E-state index contributed by atoms with van der Waals surface area (Å²) < 4.78 is 33.3. The molecule has 7 heteroatoms. The van der Waals surface area contributed by atoms with Gasteiger partial charge in [0.25, 0.3) is 10.0 Å². The van der Waals surface area contributed by atoms with Gasteiger partial charge in [-0.1, -0.05) is 24.6 Å². The van der Waals surface area contributed by atoms with Crippen molar-refractivity contribution in [2.75, 3.05) is 17.5 Å². The molecule has 0 spiro atoms. The van der Waals surface area contributed by atoms with Crippen LogP contribution < -0.4 is 14.4 Å². The van der Waals surface area contributed by atoms with E-state index < -0.39 is 15.6 Å². The Balaban J connectivity index is 2.41. The predicted molar refractivity (Wildman–Crippen MR) is 116 cm³/mol. The van der Waals surface area contributed by atoms with Crippen LogP contribution >= 0.6 is 0 Å². The molecule has 0 saturated carbocycles. The lowest BCUT2D eigenvalue weighted by atomic mass is 10.0. The lowest BCUT2D eigenvalue weighted by molar-refractivity contribution is -0.121. The molecule has 0 atom stereocenters. The number of ether oxygens (including phenoxy) is 1. The average molecular weight is 419 g/mol. The minimum atomic E-state index is -3.92. The Kier molecular flexibility index (Phi) is 7.30. The lowest BCUT2D eigenvalue weighted by Gasteiger charge is -2.28. The van der Waals surface area contributed by atoms with Gasteiger partial charge >= 0.3 is 0 Å². The minimum absolute atomic E-state index is 0.138. The van der Waals surface area contributed by atoms with Gasteiger partial charge in [-0.05, 0) is 70.5 Å². The Morgan fingerprint density at radius 2 is 1.62 bits per heavy atom. The van der Waals surface area contributed by atoms with E-state index in [-0.39, 0.29) is 17.3 Å². The van der Waals surface area contributed by atoms with Crippen molar-refractivity contribution in [2.24, 2.45) is 0 Å². The summed E-state index contributed by atoms with van der Waals surface area (Å²) >= 11 is 0. The van der Waals surface area contributed by atoms with Crippen molar-refractivity contribution in [1.82, 2.24) is 5.32 Å². The number of hydrogen-bond acceptors (Lipinski definition) is 4. The van der Waals surface area contributed by atoms with Crippen LogP contribution in [0.25, 0.3) is 0 Å². The third-order valence-corrected chi connectivity index (χ3v) is 6.48. The van der Waals surface area contributed by atoms with Crippen LogP contribution in [0, 0.1) is 6.92 Å². The Morgan fingerprint density at radius 1 is 1.03 bits per heavy atom. The zero-order chi connectivity index (χ0) is 21.7. The summed E-state index contributed by atoms with van der Waals surface area (Å²) in [5, 5.41) is 2.90. The van der Waals surface area contributed by atoms with Gasteiger partial charge in [0.15, 0.2) is 0 Å². The maximum Gasteiger partial charge on any atom is 0.264 e. The van der Waals surface area contributed by atoms with Crippen molar-refractivity contribution in [3.05, 3.63) is 54.1 Å². The monoisotopic (exact) mass is 418 g/mol. The van der Waals surface area contributed by atoms with Gasteiger partial charge in [-0.3, -0.25) is 9.10 Å². The van der Waals surface area contributed by atoms with Gasteiger partial charge in [0.05, 0.1) is 17.2 Å². The molecule has 2 aromatic rings. The molecular weight excluding hydrogens is 388 g/mol. The van der Waals surface area contributed by atoms with E-state index in [2.05, 4.69) is 5.32 Å². The molecule has 0 unspecified atom stereocenters. The number of anilines is 1. The Bertz CT molecular complexity index is 920. The van der Waals surface area contributed by atoms with Crippen molar-refractivity contribution in [3.8, 4) is 5.75 Å². The summed E-state index contributed by atoms with van der Waals surface area (Å²) in [5.74, 6) is 0.280. The molecule has 29 heavy (non-hydrogen) atoms. The number of hydrogen-bond donors (Lipinski definition) is 1. The fraction of sp³-hybridized carbons (Fsp3) is 0.409. The summed E-state index contributed by atoms with van der Waals surface area (Å²) in [6, 6.07) is 13.3. The maximum absolute atomic E-state index is 13.3. The SMILES string of the molecule is CCOc1ccc(N(CC(=O)NC(C)(C)CC)S(=O)(=O)c2ccc(C)cc2)cc1. The molecule has 2 aromatic carbocycles. The summed E-state index contributed by atoms with van der Waals surface area (Å²) in [7, 11) is -3.92. The minimum Gasteiger partial charge on any atom is -0.494 e. The third kappa shape index (κ3) is 5.97. The quantitative estimate of drug-likeness (QED) is 0.670. The number of nitrogens with one attached hydrogen (secondary N) is 1. The molecule has 158 valence electrons. The van der Waals surface area contributed by atoms with E-state index in [1.165, 1.54) is 0 Å². The lowest BCUT2D eigenvalue weighted by Crippen LogP contribution is -2.48. The molecule has 1 amide bonds. The molecule has 0 aliphatic rings. The predicted octanol–water partition coefficient (Wildman–Crippen LogP) is 3.89. The second-order valence-electron chi connectivity index (χ2n) is 7.54. The molecular formula is C22H30N2O4S.